The number of nitrogens with two attached hydrogens (primary N) is 1. The Morgan fingerprint density at radius 3 is 2.79 bits per heavy atom. The topological polar surface area (TPSA) is 63.4 Å². The minimum Gasteiger partial charge on any atom is -0.396 e. The lowest BCUT2D eigenvalue weighted by Gasteiger charge is -2.10. The molecule has 2 rings (SSSR count). The largest absolute Gasteiger partial charge is 0.396 e. The second kappa shape index (κ2) is 2.60. The molecule has 6 heteroatoms. The molecule has 0 bridgehead atoms. The van der Waals surface area contributed by atoms with Gasteiger partial charge in [0.15, 0.2) is 0 Å². The number of hydrogen-bond donors (Lipinski definition) is 1. The van der Waals surface area contributed by atoms with E-state index in [-0.39, 0.29) is 11.4 Å². The van der Waals surface area contributed by atoms with Crippen molar-refractivity contribution in [2.75, 3.05) is 17.1 Å². The van der Waals surface area contributed by atoms with Crippen LogP contribution in [-0.2, 0) is 15.8 Å². The molecular formula is C8H9FN2O2S. The summed E-state index contributed by atoms with van der Waals surface area (Å²) in [6.45, 7) is 0. The number of benzene rings is 1. The van der Waals surface area contributed by atoms with Gasteiger partial charge in [0.05, 0.1) is 17.1 Å². The molecule has 76 valence electrons. The first-order valence-corrected chi connectivity index (χ1v) is 5.58. The van der Waals surface area contributed by atoms with Crippen molar-refractivity contribution < 1.29 is 12.8 Å². The first kappa shape index (κ1) is 9.26. The molecule has 0 unspecified atom stereocenters. The highest BCUT2D eigenvalue weighted by Gasteiger charge is 2.32. The molecule has 0 radical (unpaired) electrons. The van der Waals surface area contributed by atoms with E-state index in [1.54, 1.807) is 0 Å². The van der Waals surface area contributed by atoms with Crippen LogP contribution in [0.2, 0.25) is 0 Å². The predicted molar refractivity (Wildman–Crippen MR) is 51.8 cm³/mol. The lowest BCUT2D eigenvalue weighted by atomic mass is 10.1. The summed E-state index contributed by atoms with van der Waals surface area (Å²) in [4.78, 5) is 0. The van der Waals surface area contributed by atoms with Gasteiger partial charge in [-0.05, 0) is 12.1 Å². The molecule has 1 aromatic rings. The fourth-order valence-corrected chi connectivity index (χ4v) is 2.83. The van der Waals surface area contributed by atoms with Crippen LogP contribution in [0.15, 0.2) is 12.1 Å². The second-order valence-corrected chi connectivity index (χ2v) is 5.18. The number of nitrogens with zero attached hydrogens (tertiary/aromatic N) is 1. The van der Waals surface area contributed by atoms with E-state index in [9.17, 15) is 12.8 Å². The van der Waals surface area contributed by atoms with Crippen LogP contribution in [0.25, 0.3) is 0 Å². The SMILES string of the molecule is CN1c2ccc(F)c(N)c2CS1(=O)=O. The molecule has 1 aliphatic heterocycles. The third-order valence-electron chi connectivity index (χ3n) is 2.36. The van der Waals surface area contributed by atoms with Gasteiger partial charge in [-0.1, -0.05) is 0 Å². The zero-order valence-corrected chi connectivity index (χ0v) is 8.31. The number of rotatable bonds is 0. The zero-order valence-electron chi connectivity index (χ0n) is 7.49. The van der Waals surface area contributed by atoms with Crippen LogP contribution in [0.5, 0.6) is 0 Å². The molecule has 1 heterocycles. The van der Waals surface area contributed by atoms with E-state index in [1.807, 2.05) is 0 Å². The lowest BCUT2D eigenvalue weighted by molar-refractivity contribution is 0.596. The van der Waals surface area contributed by atoms with Crippen molar-refractivity contribution >= 4 is 21.4 Å². The molecule has 0 saturated heterocycles. The normalized spacial score (nSPS) is 18.3. The van der Waals surface area contributed by atoms with Crippen molar-refractivity contribution in [3.8, 4) is 0 Å². The Balaban J connectivity index is 2.71. The van der Waals surface area contributed by atoms with Crippen molar-refractivity contribution in [2.24, 2.45) is 0 Å². The Morgan fingerprint density at radius 2 is 2.14 bits per heavy atom. The van der Waals surface area contributed by atoms with Gasteiger partial charge in [0.2, 0.25) is 10.0 Å². The third-order valence-corrected chi connectivity index (χ3v) is 4.05. The summed E-state index contributed by atoms with van der Waals surface area (Å²) in [6, 6.07) is 2.59. The van der Waals surface area contributed by atoms with Crippen LogP contribution < -0.4 is 10.0 Å². The number of halogens is 1. The van der Waals surface area contributed by atoms with Crippen molar-refractivity contribution in [1.82, 2.24) is 0 Å². The highest BCUT2D eigenvalue weighted by atomic mass is 32.2. The molecule has 0 aromatic heterocycles. The molecule has 1 aliphatic rings. The number of fused-ring (bicyclic) bond motifs is 1. The van der Waals surface area contributed by atoms with Crippen LogP contribution in [0.4, 0.5) is 15.8 Å². The summed E-state index contributed by atoms with van der Waals surface area (Å²) in [5.41, 5.74) is 6.19. The Morgan fingerprint density at radius 1 is 1.50 bits per heavy atom. The predicted octanol–water partition coefficient (Wildman–Crippen LogP) is 0.688. The fourth-order valence-electron chi connectivity index (χ4n) is 1.50. The molecule has 14 heavy (non-hydrogen) atoms. The number of nitrogen functional groups attached to an aromatic ring is 1. The van der Waals surface area contributed by atoms with Crippen LogP contribution in [0.3, 0.4) is 0 Å². The fraction of sp³-hybridized carbons (Fsp3) is 0.250. The Bertz CT molecular complexity index is 498. The Labute approximate surface area is 81.2 Å². The zero-order chi connectivity index (χ0) is 10.5. The molecule has 2 N–H and O–H groups in total. The number of anilines is 2. The van der Waals surface area contributed by atoms with Crippen LogP contribution in [-0.4, -0.2) is 15.5 Å². The second-order valence-electron chi connectivity index (χ2n) is 3.18. The van der Waals surface area contributed by atoms with Crippen molar-refractivity contribution in [3.05, 3.63) is 23.5 Å². The minimum absolute atomic E-state index is 0.0737. The van der Waals surface area contributed by atoms with Crippen molar-refractivity contribution in [2.45, 2.75) is 5.75 Å². The van der Waals surface area contributed by atoms with Gasteiger partial charge >= 0.3 is 0 Å². The van der Waals surface area contributed by atoms with Gasteiger partial charge in [0.25, 0.3) is 0 Å². The minimum atomic E-state index is -3.34. The van der Waals surface area contributed by atoms with Gasteiger partial charge in [0.1, 0.15) is 5.82 Å². The molecule has 0 fully saturated rings. The van der Waals surface area contributed by atoms with E-state index in [4.69, 9.17) is 5.73 Å². The van der Waals surface area contributed by atoms with Crippen molar-refractivity contribution in [1.29, 1.82) is 0 Å². The highest BCUT2D eigenvalue weighted by molar-refractivity contribution is 7.92. The van der Waals surface area contributed by atoms with Gasteiger partial charge in [-0.15, -0.1) is 0 Å². The molecule has 1 aromatic carbocycles. The van der Waals surface area contributed by atoms with E-state index in [0.29, 0.717) is 11.3 Å². The Kier molecular flexibility index (Phi) is 1.72. The smallest absolute Gasteiger partial charge is 0.239 e. The number of sulfonamides is 1. The quantitative estimate of drug-likeness (QED) is 0.649. The standard InChI is InChI=1S/C8H9FN2O2S/c1-11-7-3-2-6(9)8(10)5(7)4-14(11,12)13/h2-3H,4,10H2,1H3. The monoisotopic (exact) mass is 216 g/mol. The first-order chi connectivity index (χ1) is 6.43. The molecule has 4 nitrogen and oxygen atoms in total. The summed E-state index contributed by atoms with van der Waals surface area (Å²) < 4.78 is 37.0. The van der Waals surface area contributed by atoms with E-state index in [1.165, 1.54) is 19.2 Å². The van der Waals surface area contributed by atoms with E-state index >= 15 is 0 Å². The molecule has 0 spiro atoms. The number of hydrogen-bond acceptors (Lipinski definition) is 3. The van der Waals surface area contributed by atoms with Crippen LogP contribution in [0.1, 0.15) is 5.56 Å². The highest BCUT2D eigenvalue weighted by Crippen LogP contribution is 2.36. The Hall–Kier alpha value is -1.30. The van der Waals surface area contributed by atoms with Gasteiger partial charge < -0.3 is 5.73 Å². The molecule has 0 atom stereocenters. The summed E-state index contributed by atoms with van der Waals surface area (Å²) in [7, 11) is -1.91. The maximum absolute atomic E-state index is 13.0. The summed E-state index contributed by atoms with van der Waals surface area (Å²) in [5, 5.41) is 0. The summed E-state index contributed by atoms with van der Waals surface area (Å²) >= 11 is 0. The average Bonchev–Trinajstić information content (AvgIpc) is 2.33. The molecule has 0 saturated carbocycles. The third kappa shape index (κ3) is 1.07. The van der Waals surface area contributed by atoms with Gasteiger partial charge in [0, 0.05) is 12.6 Å². The average molecular weight is 216 g/mol. The van der Waals surface area contributed by atoms with E-state index in [2.05, 4.69) is 0 Å². The van der Waals surface area contributed by atoms with Gasteiger partial charge in [-0.25, -0.2) is 12.8 Å². The summed E-state index contributed by atoms with van der Waals surface area (Å²) in [5.74, 6) is -0.795. The van der Waals surface area contributed by atoms with Gasteiger partial charge in [-0.2, -0.15) is 0 Å². The van der Waals surface area contributed by atoms with Crippen LogP contribution in [0, 0.1) is 5.82 Å². The molecular weight excluding hydrogens is 207 g/mol. The molecule has 0 amide bonds. The summed E-state index contributed by atoms with van der Waals surface area (Å²) in [6.07, 6.45) is 0. The van der Waals surface area contributed by atoms with Crippen LogP contribution >= 0.6 is 0 Å². The van der Waals surface area contributed by atoms with E-state index in [0.717, 1.165) is 4.31 Å². The maximum Gasteiger partial charge on any atom is 0.239 e. The lowest BCUT2D eigenvalue weighted by Crippen LogP contribution is -2.20. The van der Waals surface area contributed by atoms with Gasteiger partial charge in [-0.3, -0.25) is 4.31 Å². The van der Waals surface area contributed by atoms with Crippen molar-refractivity contribution in [3.63, 3.8) is 0 Å². The van der Waals surface area contributed by atoms with E-state index < -0.39 is 15.8 Å². The first-order valence-electron chi connectivity index (χ1n) is 3.97. The maximum atomic E-state index is 13.0. The molecule has 0 aliphatic carbocycles.